The van der Waals surface area contributed by atoms with Crippen molar-refractivity contribution in [3.05, 3.63) is 76.9 Å². The molecule has 28 heavy (non-hydrogen) atoms. The summed E-state index contributed by atoms with van der Waals surface area (Å²) in [5.74, 6) is -3.72. The summed E-state index contributed by atoms with van der Waals surface area (Å²) in [6.07, 6.45) is 1.21. The highest BCUT2D eigenvalue weighted by Crippen LogP contribution is 2.13. The lowest BCUT2D eigenvalue weighted by atomic mass is 9.99. The normalized spacial score (nSPS) is 12.5. The van der Waals surface area contributed by atoms with E-state index in [-0.39, 0.29) is 13.0 Å². The molecule has 1 amide bonds. The first-order valence-corrected chi connectivity index (χ1v) is 10.1. The second-order valence-electron chi connectivity index (χ2n) is 5.86. The summed E-state index contributed by atoms with van der Waals surface area (Å²) in [7, 11) is -4.12. The van der Waals surface area contributed by atoms with E-state index >= 15 is 0 Å². The Hall–Kier alpha value is -3.00. The average Bonchev–Trinajstić information content (AvgIpc) is 2.66. The predicted molar refractivity (Wildman–Crippen MR) is 103 cm³/mol. The molecule has 8 heteroatoms. The monoisotopic (exact) mass is 405 g/mol. The van der Waals surface area contributed by atoms with E-state index in [0.717, 1.165) is 5.41 Å². The molecule has 0 radical (unpaired) electrons. The van der Waals surface area contributed by atoms with Crippen molar-refractivity contribution in [1.29, 1.82) is 0 Å². The number of sulfonamides is 1. The van der Waals surface area contributed by atoms with Gasteiger partial charge in [0, 0.05) is 0 Å². The Morgan fingerprint density at radius 3 is 2.36 bits per heavy atom. The Morgan fingerprint density at radius 1 is 1.11 bits per heavy atom. The molecule has 0 aliphatic carbocycles. The summed E-state index contributed by atoms with van der Waals surface area (Å²) >= 11 is 0. The molecule has 0 heterocycles. The van der Waals surface area contributed by atoms with Gasteiger partial charge in [-0.2, -0.15) is 0 Å². The topological polar surface area (TPSA) is 89.5 Å². The van der Waals surface area contributed by atoms with Gasteiger partial charge in [0.2, 0.25) is 5.91 Å². The Morgan fingerprint density at radius 2 is 1.75 bits per heavy atom. The number of halogens is 1. The van der Waals surface area contributed by atoms with Crippen LogP contribution in [0.15, 0.2) is 60.0 Å². The molecular weight excluding hydrogens is 385 g/mol. The first kappa shape index (κ1) is 21.3. The predicted octanol–water partition coefficient (Wildman–Crippen LogP) is 2.66. The van der Waals surface area contributed by atoms with E-state index in [9.17, 15) is 22.4 Å². The van der Waals surface area contributed by atoms with Crippen molar-refractivity contribution < 1.29 is 27.1 Å². The Balaban J connectivity index is 2.15. The number of carbonyl (C=O) groups excluding carboxylic acids is 2. The molecule has 0 aromatic heterocycles. The first-order chi connectivity index (χ1) is 13.3. The minimum absolute atomic E-state index is 0.0344. The van der Waals surface area contributed by atoms with Gasteiger partial charge < -0.3 is 4.74 Å². The molecule has 0 saturated carbocycles. The number of carbonyl (C=O) groups is 2. The maximum atomic E-state index is 13.1. The summed E-state index contributed by atoms with van der Waals surface area (Å²) in [5, 5.41) is 0.848. The third kappa shape index (κ3) is 6.62. The number of rotatable bonds is 8. The van der Waals surface area contributed by atoms with Crippen LogP contribution in [0.5, 0.6) is 0 Å². The van der Waals surface area contributed by atoms with Crippen LogP contribution in [0.4, 0.5) is 4.39 Å². The van der Waals surface area contributed by atoms with Crippen molar-refractivity contribution >= 4 is 28.0 Å². The quantitative estimate of drug-likeness (QED) is 0.539. The van der Waals surface area contributed by atoms with E-state index in [0.29, 0.717) is 11.1 Å². The number of amides is 1. The van der Waals surface area contributed by atoms with Crippen LogP contribution in [0.2, 0.25) is 0 Å². The number of esters is 1. The molecule has 0 aliphatic heterocycles. The fraction of sp³-hybridized carbons (Fsp3) is 0.200. The van der Waals surface area contributed by atoms with Crippen molar-refractivity contribution in [1.82, 2.24) is 4.72 Å². The maximum absolute atomic E-state index is 13.1. The molecule has 148 valence electrons. The highest BCUT2D eigenvalue weighted by molar-refractivity contribution is 7.93. The zero-order valence-corrected chi connectivity index (χ0v) is 16.0. The molecule has 1 atom stereocenters. The van der Waals surface area contributed by atoms with Crippen LogP contribution in [-0.2, 0) is 30.8 Å². The molecule has 1 N–H and O–H groups in total. The highest BCUT2D eigenvalue weighted by Gasteiger charge is 2.30. The zero-order chi connectivity index (χ0) is 20.6. The standard InChI is InChI=1S/C20H20FNO5S/c1-2-27-20(24)18(14-16-8-10-17(21)11-9-16)19(23)22-28(25,26)13-12-15-6-4-3-5-7-15/h3-13,18H,2,14H2,1H3,(H,22,23)/b13-12+. The lowest BCUT2D eigenvalue weighted by molar-refractivity contribution is -0.151. The fourth-order valence-electron chi connectivity index (χ4n) is 2.36. The number of ether oxygens (including phenoxy) is 1. The van der Waals surface area contributed by atoms with Crippen molar-refractivity contribution in [2.45, 2.75) is 13.3 Å². The molecule has 0 fully saturated rings. The van der Waals surface area contributed by atoms with E-state index in [2.05, 4.69) is 0 Å². The third-order valence-electron chi connectivity index (χ3n) is 3.72. The van der Waals surface area contributed by atoms with E-state index in [4.69, 9.17) is 4.74 Å². The smallest absolute Gasteiger partial charge is 0.318 e. The van der Waals surface area contributed by atoms with Gasteiger partial charge in [0.05, 0.1) is 12.0 Å². The first-order valence-electron chi connectivity index (χ1n) is 8.51. The van der Waals surface area contributed by atoms with Gasteiger partial charge in [-0.25, -0.2) is 17.5 Å². The average molecular weight is 405 g/mol. The minimum atomic E-state index is -4.12. The van der Waals surface area contributed by atoms with E-state index in [1.165, 1.54) is 30.3 Å². The largest absolute Gasteiger partial charge is 0.465 e. The number of hydrogen-bond acceptors (Lipinski definition) is 5. The van der Waals surface area contributed by atoms with Gasteiger partial charge in [0.15, 0.2) is 0 Å². The lowest BCUT2D eigenvalue weighted by Gasteiger charge is -2.15. The Bertz CT molecular complexity index is 940. The Kier molecular flexibility index (Phi) is 7.45. The van der Waals surface area contributed by atoms with Gasteiger partial charge in [-0.15, -0.1) is 0 Å². The van der Waals surface area contributed by atoms with Crippen molar-refractivity contribution in [2.24, 2.45) is 5.92 Å². The molecule has 6 nitrogen and oxygen atoms in total. The van der Waals surface area contributed by atoms with Crippen LogP contribution >= 0.6 is 0 Å². The van der Waals surface area contributed by atoms with Gasteiger partial charge in [0.25, 0.3) is 10.0 Å². The summed E-state index contributed by atoms with van der Waals surface area (Å²) in [5.41, 5.74) is 1.13. The van der Waals surface area contributed by atoms with Crippen LogP contribution in [0.3, 0.4) is 0 Å². The SMILES string of the molecule is CCOC(=O)C(Cc1ccc(F)cc1)C(=O)NS(=O)(=O)/C=C/c1ccccc1. The summed E-state index contributed by atoms with van der Waals surface area (Å²) in [4.78, 5) is 24.6. The van der Waals surface area contributed by atoms with Crippen molar-refractivity contribution in [2.75, 3.05) is 6.61 Å². The third-order valence-corrected chi connectivity index (χ3v) is 4.70. The number of benzene rings is 2. The molecule has 0 saturated heterocycles. The van der Waals surface area contributed by atoms with Crippen molar-refractivity contribution in [3.8, 4) is 0 Å². The molecule has 2 aromatic carbocycles. The second kappa shape index (κ2) is 9.80. The minimum Gasteiger partial charge on any atom is -0.465 e. The zero-order valence-electron chi connectivity index (χ0n) is 15.2. The van der Waals surface area contributed by atoms with Crippen molar-refractivity contribution in [3.63, 3.8) is 0 Å². The molecule has 0 bridgehead atoms. The summed E-state index contributed by atoms with van der Waals surface area (Å²) < 4.78 is 44.2. The van der Waals surface area contributed by atoms with Crippen LogP contribution in [0.25, 0.3) is 6.08 Å². The van der Waals surface area contributed by atoms with Crippen LogP contribution in [-0.4, -0.2) is 26.9 Å². The van der Waals surface area contributed by atoms with Gasteiger partial charge >= 0.3 is 5.97 Å². The second-order valence-corrected chi connectivity index (χ2v) is 7.43. The van der Waals surface area contributed by atoms with Gasteiger partial charge in [0.1, 0.15) is 11.7 Å². The van der Waals surface area contributed by atoms with E-state index < -0.39 is 33.6 Å². The van der Waals surface area contributed by atoms with Gasteiger partial charge in [-0.05, 0) is 42.7 Å². The number of nitrogens with one attached hydrogen (secondary N) is 1. The summed E-state index contributed by atoms with van der Waals surface area (Å²) in [6.45, 7) is 1.61. The molecule has 0 spiro atoms. The molecule has 1 unspecified atom stereocenters. The van der Waals surface area contributed by atoms with Gasteiger partial charge in [-0.1, -0.05) is 42.5 Å². The molecule has 2 aromatic rings. The van der Waals surface area contributed by atoms with Crippen LogP contribution in [0, 0.1) is 11.7 Å². The summed E-state index contributed by atoms with van der Waals surface area (Å²) in [6, 6.07) is 13.9. The van der Waals surface area contributed by atoms with E-state index in [1.807, 2.05) is 4.72 Å². The van der Waals surface area contributed by atoms with Crippen LogP contribution < -0.4 is 4.72 Å². The maximum Gasteiger partial charge on any atom is 0.318 e. The fourth-order valence-corrected chi connectivity index (χ4v) is 3.19. The highest BCUT2D eigenvalue weighted by atomic mass is 32.2. The molecule has 2 rings (SSSR count). The Labute approximate surface area is 163 Å². The number of hydrogen-bond donors (Lipinski definition) is 1. The molecular formula is C20H20FNO5S. The molecule has 0 aliphatic rings. The lowest BCUT2D eigenvalue weighted by Crippen LogP contribution is -2.40. The van der Waals surface area contributed by atoms with Crippen LogP contribution in [0.1, 0.15) is 18.1 Å². The van der Waals surface area contributed by atoms with E-state index in [1.54, 1.807) is 37.3 Å². The van der Waals surface area contributed by atoms with Gasteiger partial charge in [-0.3, -0.25) is 9.59 Å².